The molecule has 0 unspecified atom stereocenters. The molecule has 10 atom stereocenters. The van der Waals surface area contributed by atoms with E-state index in [0.29, 0.717) is 35.4 Å². The molecule has 0 radical (unpaired) electrons. The standard InChI is InChI=1S/C36H59NO3/c1-23(2)12-11-13-24(3)26-14-15-27-31-28(16-17-35(26,27)6)36(7)21-25(22-37-18-9-8-10-19-37)30(38)20-29(36)32-33(31)40-34(4,5)39-32/h22-24,26-29,31-33H,8-21H2,1-7H3/t24-,26-,27+,28+,29-,31+,32-,33-,35-,36-/m1/s1. The van der Waals surface area contributed by atoms with Crippen molar-refractivity contribution >= 4 is 5.78 Å². The maximum Gasteiger partial charge on any atom is 0.163 e. The van der Waals surface area contributed by atoms with E-state index < -0.39 is 5.79 Å². The molecule has 40 heavy (non-hydrogen) atoms. The van der Waals surface area contributed by atoms with E-state index in [0.717, 1.165) is 42.8 Å². The molecule has 4 saturated carbocycles. The van der Waals surface area contributed by atoms with Gasteiger partial charge in [0.2, 0.25) is 0 Å². The number of ketones is 1. The molecule has 0 aromatic carbocycles. The number of allylic oxidation sites excluding steroid dienone is 1. The normalized spacial score (nSPS) is 46.2. The number of hydrogen-bond donors (Lipinski definition) is 0. The molecule has 2 aliphatic heterocycles. The molecule has 2 saturated heterocycles. The molecule has 0 amide bonds. The summed E-state index contributed by atoms with van der Waals surface area (Å²) in [4.78, 5) is 16.1. The van der Waals surface area contributed by atoms with Gasteiger partial charge in [-0.3, -0.25) is 4.79 Å². The molecular formula is C36H59NO3. The Bertz CT molecular complexity index is 981. The van der Waals surface area contributed by atoms with Crippen LogP contribution in [0, 0.1) is 52.3 Å². The molecule has 0 aromatic rings. The van der Waals surface area contributed by atoms with E-state index >= 15 is 0 Å². The Balaban J connectivity index is 1.30. The van der Waals surface area contributed by atoms with E-state index in [-0.39, 0.29) is 23.5 Å². The zero-order valence-corrected chi connectivity index (χ0v) is 26.8. The minimum absolute atomic E-state index is 0.0478. The van der Waals surface area contributed by atoms with Crippen LogP contribution >= 0.6 is 0 Å². The van der Waals surface area contributed by atoms with Gasteiger partial charge in [0.1, 0.15) is 0 Å². The van der Waals surface area contributed by atoms with Gasteiger partial charge in [-0.2, -0.15) is 0 Å². The summed E-state index contributed by atoms with van der Waals surface area (Å²) < 4.78 is 13.7. The second-order valence-electron chi connectivity index (χ2n) is 16.6. The highest BCUT2D eigenvalue weighted by Crippen LogP contribution is 2.70. The van der Waals surface area contributed by atoms with Crippen LogP contribution < -0.4 is 0 Å². The van der Waals surface area contributed by atoms with Gasteiger partial charge in [0.05, 0.1) is 12.2 Å². The predicted octanol–water partition coefficient (Wildman–Crippen LogP) is 8.40. The summed E-state index contributed by atoms with van der Waals surface area (Å²) >= 11 is 0. The average Bonchev–Trinajstić information content (AvgIpc) is 3.41. The van der Waals surface area contributed by atoms with Crippen LogP contribution in [0.15, 0.2) is 11.8 Å². The molecule has 226 valence electrons. The first-order valence-electron chi connectivity index (χ1n) is 17.3. The number of rotatable bonds is 6. The fourth-order valence-electron chi connectivity index (χ4n) is 11.4. The van der Waals surface area contributed by atoms with Crippen molar-refractivity contribution < 1.29 is 14.3 Å². The third kappa shape index (κ3) is 4.93. The lowest BCUT2D eigenvalue weighted by Crippen LogP contribution is -2.63. The molecule has 0 spiro atoms. The summed E-state index contributed by atoms with van der Waals surface area (Å²) in [5, 5.41) is 0. The van der Waals surface area contributed by atoms with Gasteiger partial charge in [0.15, 0.2) is 11.6 Å². The fourth-order valence-corrected chi connectivity index (χ4v) is 11.4. The number of carbonyl (C=O) groups is 1. The predicted molar refractivity (Wildman–Crippen MR) is 162 cm³/mol. The monoisotopic (exact) mass is 553 g/mol. The first kappa shape index (κ1) is 29.2. The second kappa shape index (κ2) is 10.7. The number of carbonyl (C=O) groups excluding carboxylic acids is 1. The van der Waals surface area contributed by atoms with Gasteiger partial charge in [-0.15, -0.1) is 0 Å². The largest absolute Gasteiger partial charge is 0.377 e. The van der Waals surface area contributed by atoms with E-state index in [1.807, 2.05) is 0 Å². The van der Waals surface area contributed by atoms with Crippen molar-refractivity contribution in [1.82, 2.24) is 4.90 Å². The van der Waals surface area contributed by atoms with Crippen molar-refractivity contribution in [3.05, 3.63) is 11.8 Å². The number of hydrogen-bond acceptors (Lipinski definition) is 4. The summed E-state index contributed by atoms with van der Waals surface area (Å²) in [7, 11) is 0. The van der Waals surface area contributed by atoms with Crippen LogP contribution in [0.4, 0.5) is 0 Å². The van der Waals surface area contributed by atoms with Crippen molar-refractivity contribution in [3.8, 4) is 0 Å². The second-order valence-corrected chi connectivity index (χ2v) is 16.6. The van der Waals surface area contributed by atoms with Gasteiger partial charge in [-0.05, 0) is 112 Å². The van der Waals surface area contributed by atoms with Crippen LogP contribution in [0.2, 0.25) is 0 Å². The summed E-state index contributed by atoms with van der Waals surface area (Å²) in [6, 6.07) is 0. The number of fused-ring (bicyclic) bond motifs is 8. The lowest BCUT2D eigenvalue weighted by molar-refractivity contribution is -0.178. The molecular weight excluding hydrogens is 494 g/mol. The maximum atomic E-state index is 13.7. The van der Waals surface area contributed by atoms with Gasteiger partial charge in [0.25, 0.3) is 0 Å². The third-order valence-electron chi connectivity index (χ3n) is 13.2. The summed E-state index contributed by atoms with van der Waals surface area (Å²) in [6.45, 7) is 19.0. The molecule has 4 nitrogen and oxygen atoms in total. The number of likely N-dealkylation sites (tertiary alicyclic amines) is 1. The van der Waals surface area contributed by atoms with Crippen LogP contribution in [0.25, 0.3) is 0 Å². The smallest absolute Gasteiger partial charge is 0.163 e. The summed E-state index contributed by atoms with van der Waals surface area (Å²) in [6.07, 6.45) is 17.4. The Morgan fingerprint density at radius 1 is 0.875 bits per heavy atom. The van der Waals surface area contributed by atoms with Crippen molar-refractivity contribution in [3.63, 3.8) is 0 Å². The lowest BCUT2D eigenvalue weighted by atomic mass is 9.43. The maximum absolute atomic E-state index is 13.7. The third-order valence-corrected chi connectivity index (χ3v) is 13.2. The molecule has 0 aromatic heterocycles. The van der Waals surface area contributed by atoms with Crippen LogP contribution in [0.1, 0.15) is 126 Å². The molecule has 0 bridgehead atoms. The Kier molecular flexibility index (Phi) is 7.81. The molecule has 6 rings (SSSR count). The SMILES string of the molecule is CC(C)CCC[C@@H](C)[C@H]1CC[C@H]2[C@@H]3[C@H]4OC(C)(C)O[C@@H]4[C@H]4CC(=O)C(=CN5CCCCC5)C[C@]4(C)[C@H]3CC[C@]12C. The zero-order chi connectivity index (χ0) is 28.4. The van der Waals surface area contributed by atoms with Crippen LogP contribution in [-0.2, 0) is 14.3 Å². The van der Waals surface area contributed by atoms with Crippen molar-refractivity contribution in [2.45, 2.75) is 144 Å². The topological polar surface area (TPSA) is 38.8 Å². The molecule has 6 aliphatic rings. The van der Waals surface area contributed by atoms with Crippen LogP contribution in [0.5, 0.6) is 0 Å². The van der Waals surface area contributed by atoms with Crippen molar-refractivity contribution in [1.29, 1.82) is 0 Å². The van der Waals surface area contributed by atoms with Crippen LogP contribution in [0.3, 0.4) is 0 Å². The number of ether oxygens (including phenoxy) is 2. The highest BCUT2D eigenvalue weighted by atomic mass is 16.8. The van der Waals surface area contributed by atoms with E-state index in [1.54, 1.807) is 0 Å². The Morgan fingerprint density at radius 3 is 2.30 bits per heavy atom. The molecule has 0 N–H and O–H groups in total. The first-order chi connectivity index (χ1) is 18.9. The Labute approximate surface area is 245 Å². The fraction of sp³-hybridized carbons (Fsp3) is 0.917. The summed E-state index contributed by atoms with van der Waals surface area (Å²) in [5.74, 6) is 4.38. The average molecular weight is 554 g/mol. The number of piperidine rings is 1. The number of Topliss-reactive ketones (excluding diaryl/α,β-unsaturated/α-hetero) is 1. The Morgan fingerprint density at radius 2 is 1.57 bits per heavy atom. The van der Waals surface area contributed by atoms with Crippen molar-refractivity contribution in [2.24, 2.45) is 52.3 Å². The lowest BCUT2D eigenvalue weighted by Gasteiger charge is -2.63. The van der Waals surface area contributed by atoms with Gasteiger partial charge in [0, 0.05) is 37.2 Å². The molecule has 4 heteroatoms. The first-order valence-corrected chi connectivity index (χ1v) is 17.3. The highest BCUT2D eigenvalue weighted by Gasteiger charge is 2.69. The molecule has 4 aliphatic carbocycles. The zero-order valence-electron chi connectivity index (χ0n) is 26.8. The van der Waals surface area contributed by atoms with Crippen molar-refractivity contribution in [2.75, 3.05) is 13.1 Å². The molecule has 2 heterocycles. The van der Waals surface area contributed by atoms with E-state index in [4.69, 9.17) is 9.47 Å². The minimum Gasteiger partial charge on any atom is -0.377 e. The molecule has 6 fully saturated rings. The van der Waals surface area contributed by atoms with Crippen LogP contribution in [-0.4, -0.2) is 41.8 Å². The van der Waals surface area contributed by atoms with Gasteiger partial charge in [-0.1, -0.05) is 53.9 Å². The quantitative estimate of drug-likeness (QED) is 0.310. The number of nitrogens with zero attached hydrogens (tertiary/aromatic N) is 1. The van der Waals surface area contributed by atoms with Gasteiger partial charge >= 0.3 is 0 Å². The van der Waals surface area contributed by atoms with Gasteiger partial charge in [-0.25, -0.2) is 0 Å². The minimum atomic E-state index is -0.561. The Hall–Kier alpha value is -0.870. The summed E-state index contributed by atoms with van der Waals surface area (Å²) in [5.41, 5.74) is 1.61. The van der Waals surface area contributed by atoms with E-state index in [1.165, 1.54) is 64.2 Å². The van der Waals surface area contributed by atoms with Gasteiger partial charge < -0.3 is 14.4 Å². The van der Waals surface area contributed by atoms with E-state index in [9.17, 15) is 4.79 Å². The highest BCUT2D eigenvalue weighted by molar-refractivity contribution is 5.96. The van der Waals surface area contributed by atoms with E-state index in [2.05, 4.69) is 59.6 Å².